The first-order valence-corrected chi connectivity index (χ1v) is 9.70. The molecule has 138 valence electrons. The van der Waals surface area contributed by atoms with Crippen LogP contribution in [0, 0.1) is 5.92 Å². The molecule has 1 aliphatic rings. The number of rotatable bonds is 4. The fourth-order valence-electron chi connectivity index (χ4n) is 3.66. The summed E-state index contributed by atoms with van der Waals surface area (Å²) < 4.78 is 1.89. The van der Waals surface area contributed by atoms with E-state index in [1.807, 2.05) is 33.7 Å². The number of hydrogen-bond donors (Lipinski definition) is 0. The second-order valence-corrected chi connectivity index (χ2v) is 7.49. The van der Waals surface area contributed by atoms with Gasteiger partial charge in [-0.05, 0) is 49.0 Å². The number of amides is 1. The van der Waals surface area contributed by atoms with Gasteiger partial charge in [0.15, 0.2) is 0 Å². The second-order valence-electron chi connectivity index (χ2n) is 7.05. The molecule has 1 amide bonds. The van der Waals surface area contributed by atoms with E-state index in [9.17, 15) is 4.79 Å². The Balaban J connectivity index is 1.35. The van der Waals surface area contributed by atoms with Crippen LogP contribution in [0.2, 0.25) is 5.02 Å². The van der Waals surface area contributed by atoms with Crippen LogP contribution in [0.4, 0.5) is 0 Å². The van der Waals surface area contributed by atoms with Crippen molar-refractivity contribution in [3.8, 4) is 0 Å². The van der Waals surface area contributed by atoms with Crippen molar-refractivity contribution in [1.82, 2.24) is 14.3 Å². The number of piperidine rings is 1. The molecule has 0 aliphatic carbocycles. The Hall–Kier alpha value is -2.59. The highest BCUT2D eigenvalue weighted by molar-refractivity contribution is 6.30. The minimum Gasteiger partial charge on any atom is -0.339 e. The van der Waals surface area contributed by atoms with Crippen LogP contribution in [-0.2, 0) is 11.2 Å². The second kappa shape index (κ2) is 7.97. The lowest BCUT2D eigenvalue weighted by molar-refractivity contribution is -0.127. The molecule has 27 heavy (non-hydrogen) atoms. The summed E-state index contributed by atoms with van der Waals surface area (Å²) >= 11 is 6.06. The first-order valence-electron chi connectivity index (χ1n) is 9.32. The van der Waals surface area contributed by atoms with Gasteiger partial charge in [0.2, 0.25) is 5.91 Å². The van der Waals surface area contributed by atoms with Gasteiger partial charge in [-0.25, -0.2) is 4.98 Å². The number of carbonyl (C=O) groups is 1. The summed E-state index contributed by atoms with van der Waals surface area (Å²) in [5.41, 5.74) is 3.04. The summed E-state index contributed by atoms with van der Waals surface area (Å²) in [5, 5.41) is 0.641. The van der Waals surface area contributed by atoms with Crippen LogP contribution < -0.4 is 0 Å². The van der Waals surface area contributed by atoms with E-state index in [1.54, 1.807) is 12.3 Å². The Morgan fingerprint density at radius 1 is 1.15 bits per heavy atom. The summed E-state index contributed by atoms with van der Waals surface area (Å²) in [5.74, 6) is 0.714. The summed E-state index contributed by atoms with van der Waals surface area (Å²) in [7, 11) is 0. The van der Waals surface area contributed by atoms with E-state index in [1.165, 1.54) is 5.56 Å². The Morgan fingerprint density at radius 3 is 2.70 bits per heavy atom. The zero-order valence-electron chi connectivity index (χ0n) is 15.1. The van der Waals surface area contributed by atoms with Gasteiger partial charge in [-0.3, -0.25) is 9.20 Å². The monoisotopic (exact) mass is 379 g/mol. The zero-order valence-corrected chi connectivity index (χ0v) is 15.8. The van der Waals surface area contributed by atoms with Crippen molar-refractivity contribution in [2.45, 2.75) is 19.3 Å². The molecule has 2 aromatic heterocycles. The third-order valence-corrected chi connectivity index (χ3v) is 5.41. The molecule has 1 saturated heterocycles. The molecule has 1 aromatic carbocycles. The van der Waals surface area contributed by atoms with Gasteiger partial charge in [0.1, 0.15) is 5.65 Å². The molecule has 3 heterocycles. The molecule has 4 rings (SSSR count). The van der Waals surface area contributed by atoms with Crippen molar-refractivity contribution in [3.05, 3.63) is 77.2 Å². The van der Waals surface area contributed by atoms with Gasteiger partial charge in [-0.1, -0.05) is 41.9 Å². The molecule has 0 atom stereocenters. The van der Waals surface area contributed by atoms with Gasteiger partial charge in [0.05, 0.1) is 16.9 Å². The third-order valence-electron chi connectivity index (χ3n) is 5.19. The average Bonchev–Trinajstić information content (AvgIpc) is 3.09. The Morgan fingerprint density at radius 2 is 1.93 bits per heavy atom. The number of pyridine rings is 1. The summed E-state index contributed by atoms with van der Waals surface area (Å²) in [4.78, 5) is 18.8. The number of fused-ring (bicyclic) bond motifs is 1. The summed E-state index contributed by atoms with van der Waals surface area (Å²) in [6, 6.07) is 14.3. The molecule has 1 fully saturated rings. The van der Waals surface area contributed by atoms with Gasteiger partial charge in [-0.15, -0.1) is 0 Å². The molecule has 4 nitrogen and oxygen atoms in total. The SMILES string of the molecule is O=C(/C=C/c1cnc2ccc(Cl)cn12)N1CCC(Cc2ccccc2)CC1. The van der Waals surface area contributed by atoms with Crippen LogP contribution in [0.1, 0.15) is 24.1 Å². The predicted octanol–water partition coefficient (Wildman–Crippen LogP) is 4.48. The van der Waals surface area contributed by atoms with E-state index >= 15 is 0 Å². The van der Waals surface area contributed by atoms with E-state index in [0.717, 1.165) is 43.7 Å². The van der Waals surface area contributed by atoms with E-state index in [-0.39, 0.29) is 5.91 Å². The number of carbonyl (C=O) groups excluding carboxylic acids is 1. The Labute approximate surface area is 164 Å². The van der Waals surface area contributed by atoms with Crippen LogP contribution in [-0.4, -0.2) is 33.3 Å². The minimum atomic E-state index is 0.0603. The first-order chi connectivity index (χ1) is 13.2. The molecule has 5 heteroatoms. The van der Waals surface area contributed by atoms with Gasteiger partial charge >= 0.3 is 0 Å². The van der Waals surface area contributed by atoms with Crippen molar-refractivity contribution in [2.24, 2.45) is 5.92 Å². The number of nitrogens with zero attached hydrogens (tertiary/aromatic N) is 3. The third kappa shape index (κ3) is 4.22. The lowest BCUT2D eigenvalue weighted by Crippen LogP contribution is -2.37. The molecule has 1 aliphatic heterocycles. The molecule has 0 N–H and O–H groups in total. The van der Waals surface area contributed by atoms with E-state index in [4.69, 9.17) is 11.6 Å². The van der Waals surface area contributed by atoms with Crippen LogP contribution in [0.5, 0.6) is 0 Å². The molecule has 0 saturated carbocycles. The summed E-state index contributed by atoms with van der Waals surface area (Å²) in [6.07, 6.45) is 10.2. The molecule has 0 unspecified atom stereocenters. The lowest BCUT2D eigenvalue weighted by Gasteiger charge is -2.31. The Kier molecular flexibility index (Phi) is 5.26. The standard InChI is InChI=1S/C22H22ClN3O/c23-19-6-8-21-24-15-20(26(21)16-19)7-9-22(27)25-12-10-18(11-13-25)14-17-4-2-1-3-5-17/h1-9,15-16,18H,10-14H2/b9-7+. The predicted molar refractivity (Wildman–Crippen MR) is 109 cm³/mol. The molecule has 0 bridgehead atoms. The molecule has 0 spiro atoms. The lowest BCUT2D eigenvalue weighted by atomic mass is 9.90. The van der Waals surface area contributed by atoms with Gasteiger partial charge < -0.3 is 4.90 Å². The molecular weight excluding hydrogens is 358 g/mol. The number of imidazole rings is 1. The Bertz CT molecular complexity index is 956. The van der Waals surface area contributed by atoms with Gasteiger partial charge in [0.25, 0.3) is 0 Å². The van der Waals surface area contributed by atoms with Crippen LogP contribution in [0.15, 0.2) is 60.9 Å². The van der Waals surface area contributed by atoms with Crippen LogP contribution in [0.3, 0.4) is 0 Å². The fraction of sp³-hybridized carbons (Fsp3) is 0.273. The molecule has 3 aromatic rings. The van der Waals surface area contributed by atoms with Crippen LogP contribution >= 0.6 is 11.6 Å². The number of benzene rings is 1. The number of hydrogen-bond acceptors (Lipinski definition) is 2. The number of likely N-dealkylation sites (tertiary alicyclic amines) is 1. The molecular formula is C22H22ClN3O. The van der Waals surface area contributed by atoms with E-state index < -0.39 is 0 Å². The molecule has 0 radical (unpaired) electrons. The van der Waals surface area contributed by atoms with Crippen molar-refractivity contribution < 1.29 is 4.79 Å². The van der Waals surface area contributed by atoms with E-state index in [2.05, 4.69) is 35.3 Å². The fourth-order valence-corrected chi connectivity index (χ4v) is 3.82. The van der Waals surface area contributed by atoms with Crippen molar-refractivity contribution in [2.75, 3.05) is 13.1 Å². The van der Waals surface area contributed by atoms with Crippen molar-refractivity contribution in [1.29, 1.82) is 0 Å². The normalized spacial score (nSPS) is 15.7. The van der Waals surface area contributed by atoms with E-state index in [0.29, 0.717) is 10.9 Å². The maximum atomic E-state index is 12.5. The number of aromatic nitrogens is 2. The van der Waals surface area contributed by atoms with Gasteiger partial charge in [-0.2, -0.15) is 0 Å². The highest BCUT2D eigenvalue weighted by atomic mass is 35.5. The van der Waals surface area contributed by atoms with Crippen LogP contribution in [0.25, 0.3) is 11.7 Å². The smallest absolute Gasteiger partial charge is 0.246 e. The first kappa shape index (κ1) is 17.8. The van der Waals surface area contributed by atoms with Crippen molar-refractivity contribution >= 4 is 29.2 Å². The topological polar surface area (TPSA) is 37.6 Å². The quantitative estimate of drug-likeness (QED) is 0.627. The highest BCUT2D eigenvalue weighted by Gasteiger charge is 2.21. The van der Waals surface area contributed by atoms with Gasteiger partial charge in [0, 0.05) is 25.4 Å². The zero-order chi connectivity index (χ0) is 18.6. The maximum Gasteiger partial charge on any atom is 0.246 e. The highest BCUT2D eigenvalue weighted by Crippen LogP contribution is 2.22. The minimum absolute atomic E-state index is 0.0603. The largest absolute Gasteiger partial charge is 0.339 e. The number of halogens is 1. The average molecular weight is 380 g/mol. The summed E-state index contributed by atoms with van der Waals surface area (Å²) in [6.45, 7) is 1.64. The maximum absolute atomic E-state index is 12.5. The van der Waals surface area contributed by atoms with Crippen molar-refractivity contribution in [3.63, 3.8) is 0 Å².